The van der Waals surface area contributed by atoms with Gasteiger partial charge < -0.3 is 24.2 Å². The van der Waals surface area contributed by atoms with Crippen LogP contribution < -0.4 is 0 Å². The predicted molar refractivity (Wildman–Crippen MR) is 117 cm³/mol. The van der Waals surface area contributed by atoms with Crippen LogP contribution in [0.4, 0.5) is 9.59 Å². The molecular weight excluding hydrogens is 398 g/mol. The first kappa shape index (κ1) is 24.5. The van der Waals surface area contributed by atoms with E-state index < -0.39 is 17.6 Å². The number of benzene rings is 1. The Hall–Kier alpha value is -2.77. The largest absolute Gasteiger partial charge is 0.459 e. The van der Waals surface area contributed by atoms with Crippen LogP contribution in [0.2, 0.25) is 0 Å². The number of piperazine rings is 1. The van der Waals surface area contributed by atoms with Crippen molar-refractivity contribution in [2.24, 2.45) is 5.92 Å². The second kappa shape index (κ2) is 10.5. The van der Waals surface area contributed by atoms with Gasteiger partial charge in [-0.15, -0.1) is 0 Å². The number of hydrogen-bond acceptors (Lipinski definition) is 5. The van der Waals surface area contributed by atoms with Crippen LogP contribution in [0.25, 0.3) is 0 Å². The van der Waals surface area contributed by atoms with E-state index in [0.717, 1.165) is 5.56 Å². The maximum absolute atomic E-state index is 13.0. The van der Waals surface area contributed by atoms with Crippen molar-refractivity contribution < 1.29 is 23.9 Å². The Balaban J connectivity index is 1.93. The number of esters is 1. The van der Waals surface area contributed by atoms with E-state index in [4.69, 9.17) is 9.47 Å². The smallest absolute Gasteiger partial charge is 0.410 e. The molecule has 8 nitrogen and oxygen atoms in total. The normalized spacial score (nSPS) is 15.5. The van der Waals surface area contributed by atoms with Gasteiger partial charge in [0.05, 0.1) is 0 Å². The van der Waals surface area contributed by atoms with Crippen LogP contribution in [-0.2, 0) is 20.9 Å². The van der Waals surface area contributed by atoms with Crippen LogP contribution in [-0.4, -0.2) is 77.7 Å². The average Bonchev–Trinajstić information content (AvgIpc) is 2.71. The SMILES string of the molecule is CC(C)[C@@H](C(=O)OCc1ccccc1)N(C)C(=O)N1CCN(C(=O)OC(C)(C)C)CC1. The molecule has 0 N–H and O–H groups in total. The first-order valence-corrected chi connectivity index (χ1v) is 10.7. The van der Waals surface area contributed by atoms with Gasteiger partial charge in [-0.2, -0.15) is 0 Å². The molecule has 0 spiro atoms. The van der Waals surface area contributed by atoms with Crippen LogP contribution in [0.1, 0.15) is 40.2 Å². The van der Waals surface area contributed by atoms with E-state index in [2.05, 4.69) is 0 Å². The number of carbonyl (C=O) groups excluding carboxylic acids is 3. The van der Waals surface area contributed by atoms with Gasteiger partial charge in [0.15, 0.2) is 0 Å². The van der Waals surface area contributed by atoms with Crippen molar-refractivity contribution in [2.45, 2.75) is 52.9 Å². The molecule has 1 aromatic carbocycles. The summed E-state index contributed by atoms with van der Waals surface area (Å²) in [7, 11) is 1.62. The molecule has 31 heavy (non-hydrogen) atoms. The fourth-order valence-electron chi connectivity index (χ4n) is 3.44. The molecule has 0 aliphatic carbocycles. The van der Waals surface area contributed by atoms with Gasteiger partial charge in [0.2, 0.25) is 0 Å². The highest BCUT2D eigenvalue weighted by atomic mass is 16.6. The fourth-order valence-corrected chi connectivity index (χ4v) is 3.44. The molecule has 0 radical (unpaired) electrons. The van der Waals surface area contributed by atoms with Crippen LogP contribution in [0.3, 0.4) is 0 Å². The summed E-state index contributed by atoms with van der Waals surface area (Å²) in [6, 6.07) is 8.50. The summed E-state index contributed by atoms with van der Waals surface area (Å²) < 4.78 is 10.9. The van der Waals surface area contributed by atoms with Gasteiger partial charge in [-0.3, -0.25) is 0 Å². The molecule has 8 heteroatoms. The third-order valence-corrected chi connectivity index (χ3v) is 5.02. The van der Waals surface area contributed by atoms with Crippen LogP contribution in [0, 0.1) is 5.92 Å². The molecular formula is C23H35N3O5. The minimum atomic E-state index is -0.694. The number of carbonyl (C=O) groups is 3. The van der Waals surface area contributed by atoms with Gasteiger partial charge in [-0.05, 0) is 32.3 Å². The van der Waals surface area contributed by atoms with Gasteiger partial charge in [-0.1, -0.05) is 44.2 Å². The number of amides is 3. The van der Waals surface area contributed by atoms with Crippen LogP contribution in [0.15, 0.2) is 30.3 Å². The van der Waals surface area contributed by atoms with E-state index in [1.54, 1.807) is 16.8 Å². The van der Waals surface area contributed by atoms with Gasteiger partial charge in [0, 0.05) is 33.2 Å². The predicted octanol–water partition coefficient (Wildman–Crippen LogP) is 3.36. The van der Waals surface area contributed by atoms with Crippen molar-refractivity contribution in [2.75, 3.05) is 33.2 Å². The lowest BCUT2D eigenvalue weighted by atomic mass is 10.0. The van der Waals surface area contributed by atoms with Crippen molar-refractivity contribution in [3.05, 3.63) is 35.9 Å². The Kier molecular flexibility index (Phi) is 8.30. The average molecular weight is 434 g/mol. The number of hydrogen-bond donors (Lipinski definition) is 0. The van der Waals surface area contributed by atoms with Gasteiger partial charge >= 0.3 is 18.1 Å². The Morgan fingerprint density at radius 2 is 1.55 bits per heavy atom. The number of rotatable bonds is 5. The minimum absolute atomic E-state index is 0.111. The topological polar surface area (TPSA) is 79.4 Å². The van der Waals surface area contributed by atoms with Crippen molar-refractivity contribution in [3.8, 4) is 0 Å². The van der Waals surface area contributed by atoms with E-state index in [-0.39, 0.29) is 24.6 Å². The summed E-state index contributed by atoms with van der Waals surface area (Å²) in [6.45, 7) is 10.9. The van der Waals surface area contributed by atoms with Crippen molar-refractivity contribution >= 4 is 18.1 Å². The monoisotopic (exact) mass is 433 g/mol. The number of likely N-dealkylation sites (N-methyl/N-ethyl adjacent to an activating group) is 1. The molecule has 1 atom stereocenters. The summed E-state index contributed by atoms with van der Waals surface area (Å²) in [6.07, 6.45) is -0.377. The highest BCUT2D eigenvalue weighted by Gasteiger charge is 2.35. The molecule has 0 unspecified atom stereocenters. The zero-order chi connectivity index (χ0) is 23.2. The summed E-state index contributed by atoms with van der Waals surface area (Å²) in [5.74, 6) is -0.539. The Morgan fingerprint density at radius 3 is 2.06 bits per heavy atom. The molecule has 0 aromatic heterocycles. The maximum atomic E-state index is 13.0. The molecule has 2 rings (SSSR count). The third-order valence-electron chi connectivity index (χ3n) is 5.02. The summed E-state index contributed by atoms with van der Waals surface area (Å²) in [5, 5.41) is 0. The lowest BCUT2D eigenvalue weighted by Crippen LogP contribution is -2.57. The Morgan fingerprint density at radius 1 is 1.00 bits per heavy atom. The molecule has 0 bridgehead atoms. The fraction of sp³-hybridized carbons (Fsp3) is 0.609. The van der Waals surface area contributed by atoms with E-state index >= 15 is 0 Å². The van der Waals surface area contributed by atoms with E-state index in [1.807, 2.05) is 65.0 Å². The van der Waals surface area contributed by atoms with Gasteiger partial charge in [0.1, 0.15) is 18.2 Å². The van der Waals surface area contributed by atoms with Crippen LogP contribution in [0.5, 0.6) is 0 Å². The highest BCUT2D eigenvalue weighted by molar-refractivity contribution is 5.84. The highest BCUT2D eigenvalue weighted by Crippen LogP contribution is 2.17. The standard InChI is InChI=1S/C23H35N3O5/c1-17(2)19(20(27)30-16-18-10-8-7-9-11-18)24(6)21(28)25-12-14-26(15-13-25)22(29)31-23(3,4)5/h7-11,17,19H,12-16H2,1-6H3/t19-/m0/s1. The van der Waals surface area contributed by atoms with E-state index in [9.17, 15) is 14.4 Å². The molecule has 1 heterocycles. The number of urea groups is 1. The molecule has 1 aliphatic rings. The zero-order valence-electron chi connectivity index (χ0n) is 19.5. The molecule has 1 aromatic rings. The Labute approximate surface area is 185 Å². The summed E-state index contributed by atoms with van der Waals surface area (Å²) >= 11 is 0. The lowest BCUT2D eigenvalue weighted by Gasteiger charge is -2.39. The molecule has 1 aliphatic heterocycles. The zero-order valence-corrected chi connectivity index (χ0v) is 19.5. The summed E-state index contributed by atoms with van der Waals surface area (Å²) in [4.78, 5) is 42.7. The maximum Gasteiger partial charge on any atom is 0.410 e. The third kappa shape index (κ3) is 7.15. The van der Waals surface area contributed by atoms with E-state index in [1.165, 1.54) is 4.90 Å². The molecule has 172 valence electrons. The summed E-state index contributed by atoms with van der Waals surface area (Å²) in [5.41, 5.74) is 0.333. The molecule has 3 amide bonds. The molecule has 1 saturated heterocycles. The van der Waals surface area contributed by atoms with Crippen LogP contribution >= 0.6 is 0 Å². The van der Waals surface area contributed by atoms with Gasteiger partial charge in [-0.25, -0.2) is 14.4 Å². The Bertz CT molecular complexity index is 752. The first-order valence-electron chi connectivity index (χ1n) is 10.7. The number of ether oxygens (including phenoxy) is 2. The second-order valence-corrected chi connectivity index (χ2v) is 9.13. The van der Waals surface area contributed by atoms with Gasteiger partial charge in [0.25, 0.3) is 0 Å². The quantitative estimate of drug-likeness (QED) is 0.666. The number of nitrogens with zero attached hydrogens (tertiary/aromatic N) is 3. The lowest BCUT2D eigenvalue weighted by molar-refractivity contribution is -0.151. The van der Waals surface area contributed by atoms with E-state index in [0.29, 0.717) is 26.2 Å². The first-order chi connectivity index (χ1) is 14.5. The molecule has 1 fully saturated rings. The molecule has 0 saturated carbocycles. The van der Waals surface area contributed by atoms with Crippen molar-refractivity contribution in [1.29, 1.82) is 0 Å². The van der Waals surface area contributed by atoms with Crippen molar-refractivity contribution in [3.63, 3.8) is 0 Å². The second-order valence-electron chi connectivity index (χ2n) is 9.13. The minimum Gasteiger partial charge on any atom is -0.459 e. The van der Waals surface area contributed by atoms with Crippen molar-refractivity contribution in [1.82, 2.24) is 14.7 Å².